The van der Waals surface area contributed by atoms with Gasteiger partial charge in [0.25, 0.3) is 0 Å². The molecule has 0 radical (unpaired) electrons. The van der Waals surface area contributed by atoms with Crippen molar-refractivity contribution in [2.45, 2.75) is 27.2 Å². The smallest absolute Gasteiger partial charge is 0.407 e. The standard InChI is InChI=1S/C15H27NO5.H2/c1-5-14(17)20-9-7-16-15(18)21-11-13(4)6-8-19-10-12(2)3;/h5,12-13H,1,6-11H2,2-4H3,(H,16,18);1H. The summed E-state index contributed by atoms with van der Waals surface area (Å²) in [5.74, 6) is 0.249. The van der Waals surface area contributed by atoms with E-state index in [1.165, 1.54) is 0 Å². The van der Waals surface area contributed by atoms with Crippen LogP contribution in [0.25, 0.3) is 0 Å². The quantitative estimate of drug-likeness (QED) is 0.360. The summed E-state index contributed by atoms with van der Waals surface area (Å²) in [6, 6.07) is 0. The van der Waals surface area contributed by atoms with Crippen molar-refractivity contribution in [2.24, 2.45) is 11.8 Å². The van der Waals surface area contributed by atoms with E-state index in [9.17, 15) is 9.59 Å². The summed E-state index contributed by atoms with van der Waals surface area (Å²) < 4.78 is 15.2. The molecule has 21 heavy (non-hydrogen) atoms. The number of rotatable bonds is 11. The van der Waals surface area contributed by atoms with Crippen LogP contribution in [0.1, 0.15) is 28.6 Å². The predicted octanol–water partition coefficient (Wildman–Crippen LogP) is 2.39. The van der Waals surface area contributed by atoms with Crippen LogP contribution >= 0.6 is 0 Å². The van der Waals surface area contributed by atoms with Crippen LogP contribution in [0.15, 0.2) is 12.7 Å². The molecule has 1 atom stereocenters. The summed E-state index contributed by atoms with van der Waals surface area (Å²) in [6.45, 7) is 11.5. The third kappa shape index (κ3) is 13.2. The van der Waals surface area contributed by atoms with E-state index >= 15 is 0 Å². The third-order valence-corrected chi connectivity index (χ3v) is 2.49. The summed E-state index contributed by atoms with van der Waals surface area (Å²) in [5.41, 5.74) is 0. The van der Waals surface area contributed by atoms with Crippen LogP contribution in [0.3, 0.4) is 0 Å². The van der Waals surface area contributed by atoms with Crippen molar-refractivity contribution >= 4 is 12.1 Å². The van der Waals surface area contributed by atoms with E-state index in [0.29, 0.717) is 19.1 Å². The van der Waals surface area contributed by atoms with Crippen LogP contribution in [0.2, 0.25) is 0 Å². The highest BCUT2D eigenvalue weighted by molar-refractivity contribution is 5.81. The van der Waals surface area contributed by atoms with Gasteiger partial charge in [0.2, 0.25) is 0 Å². The maximum absolute atomic E-state index is 11.4. The van der Waals surface area contributed by atoms with E-state index < -0.39 is 12.1 Å². The van der Waals surface area contributed by atoms with Gasteiger partial charge in [-0.3, -0.25) is 0 Å². The fourth-order valence-electron chi connectivity index (χ4n) is 1.32. The van der Waals surface area contributed by atoms with Gasteiger partial charge in [0.15, 0.2) is 0 Å². The van der Waals surface area contributed by atoms with Crippen molar-refractivity contribution in [1.29, 1.82) is 0 Å². The lowest BCUT2D eigenvalue weighted by Gasteiger charge is -2.13. The molecule has 0 saturated heterocycles. The van der Waals surface area contributed by atoms with Crippen LogP contribution in [0.5, 0.6) is 0 Å². The fourth-order valence-corrected chi connectivity index (χ4v) is 1.32. The van der Waals surface area contributed by atoms with Gasteiger partial charge in [0.05, 0.1) is 13.2 Å². The number of amides is 1. The van der Waals surface area contributed by atoms with E-state index in [1.54, 1.807) is 0 Å². The Bertz CT molecular complexity index is 323. The number of carbonyl (C=O) groups excluding carboxylic acids is 2. The van der Waals surface area contributed by atoms with Crippen LogP contribution in [-0.4, -0.2) is 45.0 Å². The summed E-state index contributed by atoms with van der Waals surface area (Å²) in [4.78, 5) is 22.1. The minimum atomic E-state index is -0.514. The maximum Gasteiger partial charge on any atom is 0.407 e. The molecule has 0 aromatic carbocycles. The Balaban J connectivity index is 0. The van der Waals surface area contributed by atoms with E-state index in [0.717, 1.165) is 19.1 Å². The van der Waals surface area contributed by atoms with Crippen molar-refractivity contribution in [3.63, 3.8) is 0 Å². The molecule has 0 heterocycles. The molecular weight excluding hydrogens is 274 g/mol. The molecule has 0 spiro atoms. The lowest BCUT2D eigenvalue weighted by molar-refractivity contribution is -0.137. The number of esters is 1. The first-order chi connectivity index (χ1) is 9.95. The van der Waals surface area contributed by atoms with Crippen molar-refractivity contribution in [3.8, 4) is 0 Å². The van der Waals surface area contributed by atoms with Gasteiger partial charge in [0, 0.05) is 20.7 Å². The number of hydrogen-bond donors (Lipinski definition) is 1. The second kappa shape index (κ2) is 12.2. The van der Waals surface area contributed by atoms with Crippen molar-refractivity contribution in [3.05, 3.63) is 12.7 Å². The van der Waals surface area contributed by atoms with Gasteiger partial charge in [-0.1, -0.05) is 27.4 Å². The number of hydrogen-bond acceptors (Lipinski definition) is 5. The molecule has 1 N–H and O–H groups in total. The average molecular weight is 303 g/mol. The lowest BCUT2D eigenvalue weighted by atomic mass is 10.1. The zero-order chi connectivity index (χ0) is 16.1. The number of ether oxygens (including phenoxy) is 3. The summed E-state index contributed by atoms with van der Waals surface area (Å²) in [5, 5.41) is 2.50. The maximum atomic E-state index is 11.4. The normalized spacial score (nSPS) is 11.8. The third-order valence-electron chi connectivity index (χ3n) is 2.49. The summed E-state index contributed by atoms with van der Waals surface area (Å²) in [6.07, 6.45) is 1.40. The topological polar surface area (TPSA) is 73.9 Å². The molecule has 0 bridgehead atoms. The Hall–Kier alpha value is -1.56. The van der Waals surface area contributed by atoms with Crippen molar-refractivity contribution in [2.75, 3.05) is 33.0 Å². The molecule has 0 aliphatic rings. The zero-order valence-corrected chi connectivity index (χ0v) is 13.2. The first-order valence-corrected chi connectivity index (χ1v) is 7.23. The average Bonchev–Trinajstić information content (AvgIpc) is 2.45. The molecule has 124 valence electrons. The highest BCUT2D eigenvalue weighted by atomic mass is 16.6. The molecule has 0 aromatic rings. The highest BCUT2D eigenvalue weighted by Gasteiger charge is 2.07. The molecule has 0 aliphatic carbocycles. The Morgan fingerprint density at radius 3 is 2.52 bits per heavy atom. The molecule has 6 heteroatoms. The van der Waals surface area contributed by atoms with E-state index in [1.807, 2.05) is 6.92 Å². The number of carbonyl (C=O) groups is 2. The Morgan fingerprint density at radius 1 is 1.19 bits per heavy atom. The van der Waals surface area contributed by atoms with Crippen LogP contribution < -0.4 is 5.32 Å². The second-order valence-corrected chi connectivity index (χ2v) is 5.26. The Labute approximate surface area is 128 Å². The molecule has 0 fully saturated rings. The fraction of sp³-hybridized carbons (Fsp3) is 0.733. The summed E-state index contributed by atoms with van der Waals surface area (Å²) >= 11 is 0. The van der Waals surface area contributed by atoms with Gasteiger partial charge in [-0.25, -0.2) is 9.59 Å². The highest BCUT2D eigenvalue weighted by Crippen LogP contribution is 2.04. The minimum Gasteiger partial charge on any atom is -0.461 e. The molecular formula is C15H29NO5. The largest absolute Gasteiger partial charge is 0.461 e. The van der Waals surface area contributed by atoms with Gasteiger partial charge < -0.3 is 19.5 Å². The SMILES string of the molecule is C=CC(=O)OCCNC(=O)OCC(C)CCOCC(C)C.[HH]. The molecule has 1 amide bonds. The van der Waals surface area contributed by atoms with Crippen LogP contribution in [-0.2, 0) is 19.0 Å². The van der Waals surface area contributed by atoms with Gasteiger partial charge in [-0.15, -0.1) is 0 Å². The summed E-state index contributed by atoms with van der Waals surface area (Å²) in [7, 11) is 0. The van der Waals surface area contributed by atoms with E-state index in [2.05, 4.69) is 25.7 Å². The lowest BCUT2D eigenvalue weighted by Crippen LogP contribution is -2.29. The zero-order valence-electron chi connectivity index (χ0n) is 13.2. The second-order valence-electron chi connectivity index (χ2n) is 5.26. The van der Waals surface area contributed by atoms with Crippen LogP contribution in [0, 0.1) is 11.8 Å². The van der Waals surface area contributed by atoms with E-state index in [-0.39, 0.29) is 20.5 Å². The molecule has 0 saturated carbocycles. The van der Waals surface area contributed by atoms with E-state index in [4.69, 9.17) is 14.2 Å². The first kappa shape index (κ1) is 19.4. The monoisotopic (exact) mass is 303 g/mol. The van der Waals surface area contributed by atoms with Crippen molar-refractivity contribution < 1.29 is 25.2 Å². The first-order valence-electron chi connectivity index (χ1n) is 7.23. The van der Waals surface area contributed by atoms with Crippen molar-refractivity contribution in [1.82, 2.24) is 5.32 Å². The van der Waals surface area contributed by atoms with Gasteiger partial charge in [0.1, 0.15) is 6.61 Å². The predicted molar refractivity (Wildman–Crippen MR) is 82.1 cm³/mol. The Kier molecular flexibility index (Phi) is 11.3. The molecule has 6 nitrogen and oxygen atoms in total. The number of nitrogens with one attached hydrogen (secondary N) is 1. The number of alkyl carbamates (subject to hydrolysis) is 1. The molecule has 1 unspecified atom stereocenters. The molecule has 0 aromatic heterocycles. The molecule has 0 rings (SSSR count). The van der Waals surface area contributed by atoms with Gasteiger partial charge in [-0.2, -0.15) is 0 Å². The van der Waals surface area contributed by atoms with Crippen LogP contribution in [0.4, 0.5) is 4.79 Å². The van der Waals surface area contributed by atoms with Gasteiger partial charge >= 0.3 is 12.1 Å². The minimum absolute atomic E-state index is 0. The Morgan fingerprint density at radius 2 is 1.90 bits per heavy atom. The van der Waals surface area contributed by atoms with Gasteiger partial charge in [-0.05, 0) is 18.3 Å². The molecule has 0 aliphatic heterocycles.